The Morgan fingerprint density at radius 3 is 2.50 bits per heavy atom. The van der Waals surface area contributed by atoms with Crippen molar-refractivity contribution in [2.24, 2.45) is 0 Å². The summed E-state index contributed by atoms with van der Waals surface area (Å²) in [4.78, 5) is 15.4. The van der Waals surface area contributed by atoms with E-state index in [-0.39, 0.29) is 0 Å². The molecule has 4 nitrogen and oxygen atoms in total. The third-order valence-electron chi connectivity index (χ3n) is 2.60. The van der Waals surface area contributed by atoms with Gasteiger partial charge >= 0.3 is 5.97 Å². The number of carboxylic acids is 1. The van der Waals surface area contributed by atoms with Crippen LogP contribution in [0.1, 0.15) is 17.3 Å². The summed E-state index contributed by atoms with van der Waals surface area (Å²) in [6.07, 6.45) is 1.59. The molecule has 18 heavy (non-hydrogen) atoms. The Bertz CT molecular complexity index is 523. The minimum absolute atomic E-state index is 0.636. The van der Waals surface area contributed by atoms with Gasteiger partial charge in [-0.3, -0.25) is 4.98 Å². The highest BCUT2D eigenvalue weighted by Crippen LogP contribution is 2.19. The second-order valence-electron chi connectivity index (χ2n) is 4.01. The van der Waals surface area contributed by atoms with Crippen LogP contribution in [-0.2, 0) is 4.79 Å². The van der Waals surface area contributed by atoms with Crippen molar-refractivity contribution in [1.29, 1.82) is 0 Å². The second kappa shape index (κ2) is 5.31. The van der Waals surface area contributed by atoms with E-state index in [9.17, 15) is 9.90 Å². The molecule has 2 N–H and O–H groups in total. The maximum Gasteiger partial charge on any atom is 0.330 e. The SMILES string of the molecule is Cc1ccc(C(Nc2ccccc2)C(=O)O)cn1. The lowest BCUT2D eigenvalue weighted by atomic mass is 10.1. The van der Waals surface area contributed by atoms with Gasteiger partial charge in [0.2, 0.25) is 0 Å². The van der Waals surface area contributed by atoms with Crippen molar-refractivity contribution >= 4 is 11.7 Å². The average Bonchev–Trinajstić information content (AvgIpc) is 2.38. The van der Waals surface area contributed by atoms with Gasteiger partial charge in [-0.25, -0.2) is 4.79 Å². The molecule has 0 fully saturated rings. The van der Waals surface area contributed by atoms with Crippen LogP contribution >= 0.6 is 0 Å². The zero-order valence-electron chi connectivity index (χ0n) is 10.00. The van der Waals surface area contributed by atoms with Crippen molar-refractivity contribution in [3.63, 3.8) is 0 Å². The molecule has 1 heterocycles. The van der Waals surface area contributed by atoms with Gasteiger partial charge in [0.25, 0.3) is 0 Å². The number of para-hydroxylation sites is 1. The Morgan fingerprint density at radius 2 is 1.94 bits per heavy atom. The molecule has 0 amide bonds. The lowest BCUT2D eigenvalue weighted by Gasteiger charge is -2.15. The summed E-state index contributed by atoms with van der Waals surface area (Å²) in [5.41, 5.74) is 2.27. The molecule has 1 aromatic heterocycles. The van der Waals surface area contributed by atoms with E-state index >= 15 is 0 Å². The largest absolute Gasteiger partial charge is 0.479 e. The van der Waals surface area contributed by atoms with Crippen LogP contribution < -0.4 is 5.32 Å². The topological polar surface area (TPSA) is 62.2 Å². The lowest BCUT2D eigenvalue weighted by Crippen LogP contribution is -2.20. The standard InChI is InChI=1S/C14H14N2O2/c1-10-7-8-11(9-15-10)13(14(17)18)16-12-5-3-2-4-6-12/h2-9,13,16H,1H3,(H,17,18). The predicted octanol–water partition coefficient (Wildman–Crippen LogP) is 2.63. The zero-order chi connectivity index (χ0) is 13.0. The van der Waals surface area contributed by atoms with Gasteiger partial charge in [-0.15, -0.1) is 0 Å². The molecule has 0 spiro atoms. The van der Waals surface area contributed by atoms with Gasteiger partial charge in [0.1, 0.15) is 0 Å². The molecular formula is C14H14N2O2. The minimum Gasteiger partial charge on any atom is -0.479 e. The number of hydrogen-bond acceptors (Lipinski definition) is 3. The summed E-state index contributed by atoms with van der Waals surface area (Å²) in [6, 6.07) is 12.0. The number of hydrogen-bond donors (Lipinski definition) is 2. The van der Waals surface area contributed by atoms with Gasteiger partial charge in [0.05, 0.1) is 0 Å². The summed E-state index contributed by atoms with van der Waals surface area (Å²) in [7, 11) is 0. The average molecular weight is 242 g/mol. The molecule has 0 saturated heterocycles. The van der Waals surface area contributed by atoms with E-state index < -0.39 is 12.0 Å². The smallest absolute Gasteiger partial charge is 0.330 e. The van der Waals surface area contributed by atoms with E-state index in [1.54, 1.807) is 18.3 Å². The van der Waals surface area contributed by atoms with Crippen molar-refractivity contribution in [3.8, 4) is 0 Å². The summed E-state index contributed by atoms with van der Waals surface area (Å²) in [5.74, 6) is -0.926. The number of nitrogens with one attached hydrogen (secondary N) is 1. The van der Waals surface area contributed by atoms with Gasteiger partial charge in [0, 0.05) is 23.1 Å². The fourth-order valence-electron chi connectivity index (χ4n) is 1.64. The van der Waals surface area contributed by atoms with Crippen LogP contribution in [0.5, 0.6) is 0 Å². The van der Waals surface area contributed by atoms with E-state index in [1.165, 1.54) is 0 Å². The predicted molar refractivity (Wildman–Crippen MR) is 69.4 cm³/mol. The van der Waals surface area contributed by atoms with Crippen LogP contribution in [0.2, 0.25) is 0 Å². The number of pyridine rings is 1. The Balaban J connectivity index is 2.24. The number of rotatable bonds is 4. The monoisotopic (exact) mass is 242 g/mol. The number of carboxylic acid groups (broad SMARTS) is 1. The van der Waals surface area contributed by atoms with E-state index in [4.69, 9.17) is 0 Å². The highest BCUT2D eigenvalue weighted by atomic mass is 16.4. The molecule has 0 aliphatic rings. The number of benzene rings is 1. The van der Waals surface area contributed by atoms with Gasteiger partial charge in [-0.05, 0) is 25.1 Å². The number of nitrogens with zero attached hydrogens (tertiary/aromatic N) is 1. The Kier molecular flexibility index (Phi) is 3.57. The molecule has 2 aromatic rings. The molecule has 0 aliphatic heterocycles. The van der Waals surface area contributed by atoms with Crippen LogP contribution in [0.15, 0.2) is 48.7 Å². The van der Waals surface area contributed by atoms with Crippen LogP contribution in [0.3, 0.4) is 0 Å². The summed E-state index contributed by atoms with van der Waals surface area (Å²) in [5, 5.41) is 12.2. The van der Waals surface area contributed by atoms with Gasteiger partial charge in [0.15, 0.2) is 6.04 Å². The van der Waals surface area contributed by atoms with Crippen LogP contribution in [-0.4, -0.2) is 16.1 Å². The molecule has 0 bridgehead atoms. The maximum absolute atomic E-state index is 11.3. The Hall–Kier alpha value is -2.36. The Labute approximate surface area is 105 Å². The van der Waals surface area contributed by atoms with Gasteiger partial charge < -0.3 is 10.4 Å². The summed E-state index contributed by atoms with van der Waals surface area (Å²) in [6.45, 7) is 1.87. The molecular weight excluding hydrogens is 228 g/mol. The Morgan fingerprint density at radius 1 is 1.22 bits per heavy atom. The summed E-state index contributed by atoms with van der Waals surface area (Å²) < 4.78 is 0. The first-order valence-corrected chi connectivity index (χ1v) is 5.64. The lowest BCUT2D eigenvalue weighted by molar-refractivity contribution is -0.138. The van der Waals surface area contributed by atoms with Crippen molar-refractivity contribution in [2.75, 3.05) is 5.32 Å². The third-order valence-corrected chi connectivity index (χ3v) is 2.60. The fourth-order valence-corrected chi connectivity index (χ4v) is 1.64. The van der Waals surface area contributed by atoms with Crippen molar-refractivity contribution in [3.05, 3.63) is 59.9 Å². The molecule has 0 radical (unpaired) electrons. The molecule has 0 saturated carbocycles. The molecule has 1 atom stereocenters. The number of aliphatic carboxylic acids is 1. The van der Waals surface area contributed by atoms with E-state index in [0.717, 1.165) is 11.4 Å². The van der Waals surface area contributed by atoms with Gasteiger partial charge in [-0.1, -0.05) is 24.3 Å². The number of anilines is 1. The van der Waals surface area contributed by atoms with Crippen molar-refractivity contribution in [2.45, 2.75) is 13.0 Å². The van der Waals surface area contributed by atoms with Crippen LogP contribution in [0.4, 0.5) is 5.69 Å². The molecule has 92 valence electrons. The quantitative estimate of drug-likeness (QED) is 0.865. The first-order valence-electron chi connectivity index (χ1n) is 5.64. The summed E-state index contributed by atoms with van der Waals surface area (Å²) >= 11 is 0. The zero-order valence-corrected chi connectivity index (χ0v) is 10.00. The van der Waals surface area contributed by atoms with Crippen LogP contribution in [0.25, 0.3) is 0 Å². The first kappa shape index (κ1) is 12.1. The molecule has 1 unspecified atom stereocenters. The number of aromatic nitrogens is 1. The van der Waals surface area contributed by atoms with Gasteiger partial charge in [-0.2, -0.15) is 0 Å². The maximum atomic E-state index is 11.3. The molecule has 1 aromatic carbocycles. The van der Waals surface area contributed by atoms with Crippen molar-refractivity contribution in [1.82, 2.24) is 4.98 Å². The minimum atomic E-state index is -0.926. The van der Waals surface area contributed by atoms with Crippen molar-refractivity contribution < 1.29 is 9.90 Å². The third kappa shape index (κ3) is 2.85. The molecule has 4 heteroatoms. The first-order chi connectivity index (χ1) is 8.66. The fraction of sp³-hybridized carbons (Fsp3) is 0.143. The number of aryl methyl sites for hydroxylation is 1. The second-order valence-corrected chi connectivity index (χ2v) is 4.01. The highest BCUT2D eigenvalue weighted by molar-refractivity contribution is 5.79. The number of carbonyl (C=O) groups is 1. The molecule has 2 rings (SSSR count). The van der Waals surface area contributed by atoms with Crippen LogP contribution in [0, 0.1) is 6.92 Å². The molecule has 0 aliphatic carbocycles. The van der Waals surface area contributed by atoms with E-state index in [0.29, 0.717) is 5.56 Å². The highest BCUT2D eigenvalue weighted by Gasteiger charge is 2.19. The van der Waals surface area contributed by atoms with E-state index in [2.05, 4.69) is 10.3 Å². The van der Waals surface area contributed by atoms with E-state index in [1.807, 2.05) is 37.3 Å². The normalized spacial score (nSPS) is 11.8.